The number of hydrogen-bond acceptors (Lipinski definition) is 5. The number of amides is 1. The third-order valence-corrected chi connectivity index (χ3v) is 3.51. The number of methoxy groups -OCH3 is 1. The van der Waals surface area contributed by atoms with Crippen molar-refractivity contribution in [3.8, 4) is 0 Å². The van der Waals surface area contributed by atoms with Crippen LogP contribution in [0.5, 0.6) is 0 Å². The molecule has 3 N–H and O–H groups in total. The highest BCUT2D eigenvalue weighted by molar-refractivity contribution is 7.18. The fourth-order valence-electron chi connectivity index (χ4n) is 1.75. The molecule has 0 aromatic carbocycles. The molecule has 1 amide bonds. The highest BCUT2D eigenvalue weighted by atomic mass is 32.1. The van der Waals surface area contributed by atoms with E-state index in [9.17, 15) is 9.59 Å². The number of carbonyl (C=O) groups excluding carboxylic acids is 2. The molecule has 6 heteroatoms. The number of anilines is 1. The number of nitrogens with two attached hydrogens (primary N) is 1. The van der Waals surface area contributed by atoms with Gasteiger partial charge in [-0.1, -0.05) is 20.8 Å². The van der Waals surface area contributed by atoms with Crippen molar-refractivity contribution in [2.24, 2.45) is 0 Å². The molecule has 0 aliphatic carbocycles. The van der Waals surface area contributed by atoms with Crippen LogP contribution in [-0.2, 0) is 10.2 Å². The second kappa shape index (κ2) is 4.97. The van der Waals surface area contributed by atoms with Crippen LogP contribution in [0.4, 0.5) is 5.00 Å². The summed E-state index contributed by atoms with van der Waals surface area (Å²) in [5.41, 5.74) is 6.49. The molecule has 0 bridgehead atoms. The minimum atomic E-state index is -0.466. The minimum Gasteiger partial charge on any atom is -0.465 e. The van der Waals surface area contributed by atoms with Gasteiger partial charge in [-0.05, 0) is 11.0 Å². The van der Waals surface area contributed by atoms with E-state index in [1.165, 1.54) is 14.2 Å². The summed E-state index contributed by atoms with van der Waals surface area (Å²) in [6.07, 6.45) is 0. The first kappa shape index (κ1) is 14.5. The van der Waals surface area contributed by atoms with Gasteiger partial charge in [-0.2, -0.15) is 0 Å². The molecule has 0 saturated heterocycles. The van der Waals surface area contributed by atoms with Gasteiger partial charge in [0.25, 0.3) is 5.91 Å². The van der Waals surface area contributed by atoms with E-state index in [2.05, 4.69) is 5.32 Å². The molecule has 0 radical (unpaired) electrons. The maximum Gasteiger partial charge on any atom is 0.348 e. The van der Waals surface area contributed by atoms with Gasteiger partial charge in [0.1, 0.15) is 4.88 Å². The Labute approximate surface area is 110 Å². The Bertz CT molecular complexity index is 486. The van der Waals surface area contributed by atoms with Gasteiger partial charge in [-0.25, -0.2) is 4.79 Å². The van der Waals surface area contributed by atoms with Crippen LogP contribution in [0.3, 0.4) is 0 Å². The molecule has 1 aromatic heterocycles. The lowest BCUT2D eigenvalue weighted by molar-refractivity contribution is 0.0603. The monoisotopic (exact) mass is 270 g/mol. The van der Waals surface area contributed by atoms with Crippen molar-refractivity contribution >= 4 is 28.2 Å². The quantitative estimate of drug-likeness (QED) is 0.802. The van der Waals surface area contributed by atoms with Gasteiger partial charge in [0.05, 0.1) is 17.7 Å². The van der Waals surface area contributed by atoms with Crippen molar-refractivity contribution in [2.75, 3.05) is 19.9 Å². The average Bonchev–Trinajstić information content (AvgIpc) is 2.64. The number of nitrogens with one attached hydrogen (secondary N) is 1. The van der Waals surface area contributed by atoms with Crippen LogP contribution in [0.1, 0.15) is 46.4 Å². The highest BCUT2D eigenvalue weighted by Gasteiger charge is 2.32. The summed E-state index contributed by atoms with van der Waals surface area (Å²) in [6.45, 7) is 5.77. The summed E-state index contributed by atoms with van der Waals surface area (Å²) in [5, 5.41) is 2.87. The maximum absolute atomic E-state index is 11.9. The van der Waals surface area contributed by atoms with E-state index in [-0.39, 0.29) is 11.3 Å². The van der Waals surface area contributed by atoms with E-state index >= 15 is 0 Å². The molecular weight excluding hydrogens is 252 g/mol. The number of rotatable bonds is 2. The topological polar surface area (TPSA) is 81.4 Å². The predicted octanol–water partition coefficient (Wildman–Crippen LogP) is 1.77. The second-order valence-electron chi connectivity index (χ2n) is 4.87. The lowest BCUT2D eigenvalue weighted by atomic mass is 9.84. The smallest absolute Gasteiger partial charge is 0.348 e. The van der Waals surface area contributed by atoms with Gasteiger partial charge in [-0.3, -0.25) is 4.79 Å². The van der Waals surface area contributed by atoms with E-state index in [1.807, 2.05) is 20.8 Å². The zero-order valence-electron chi connectivity index (χ0n) is 11.2. The number of thiophene rings is 1. The first-order chi connectivity index (χ1) is 8.23. The standard InChI is InChI=1S/C12H18N2O3S/c1-12(2,3)7-6(10(15)14-4)9(13)18-8(7)11(16)17-5/h13H2,1-5H3,(H,14,15). The molecule has 1 rings (SSSR count). The van der Waals surface area contributed by atoms with Gasteiger partial charge in [0, 0.05) is 7.05 Å². The zero-order chi connectivity index (χ0) is 14.1. The van der Waals surface area contributed by atoms with Gasteiger partial charge >= 0.3 is 5.97 Å². The molecule has 18 heavy (non-hydrogen) atoms. The van der Waals surface area contributed by atoms with Gasteiger partial charge in [0.2, 0.25) is 0 Å². The zero-order valence-corrected chi connectivity index (χ0v) is 12.0. The molecule has 1 heterocycles. The summed E-state index contributed by atoms with van der Waals surface area (Å²) in [6, 6.07) is 0. The maximum atomic E-state index is 11.9. The highest BCUT2D eigenvalue weighted by Crippen LogP contribution is 2.39. The predicted molar refractivity (Wildman–Crippen MR) is 72.2 cm³/mol. The van der Waals surface area contributed by atoms with Crippen molar-refractivity contribution in [1.82, 2.24) is 5.32 Å². The summed E-state index contributed by atoms with van der Waals surface area (Å²) in [5.74, 6) is -0.754. The van der Waals surface area contributed by atoms with E-state index < -0.39 is 5.97 Å². The number of carbonyl (C=O) groups is 2. The van der Waals surface area contributed by atoms with Crippen LogP contribution in [-0.4, -0.2) is 26.0 Å². The third kappa shape index (κ3) is 2.48. The van der Waals surface area contributed by atoms with Gasteiger partial charge in [0.15, 0.2) is 0 Å². The van der Waals surface area contributed by atoms with E-state index in [0.29, 0.717) is 21.0 Å². The van der Waals surface area contributed by atoms with Crippen LogP contribution >= 0.6 is 11.3 Å². The molecule has 0 fully saturated rings. The fourth-order valence-corrected chi connectivity index (χ4v) is 2.94. The molecule has 0 spiro atoms. The summed E-state index contributed by atoms with van der Waals surface area (Å²) < 4.78 is 4.74. The van der Waals surface area contributed by atoms with Crippen LogP contribution < -0.4 is 11.1 Å². The summed E-state index contributed by atoms with van der Waals surface area (Å²) in [7, 11) is 2.84. The molecule has 0 unspecified atom stereocenters. The molecule has 0 aliphatic rings. The van der Waals surface area contributed by atoms with Gasteiger partial charge < -0.3 is 15.8 Å². The van der Waals surface area contributed by atoms with Crippen LogP contribution in [0, 0.1) is 0 Å². The van der Waals surface area contributed by atoms with E-state index in [1.54, 1.807) is 0 Å². The van der Waals surface area contributed by atoms with Crippen LogP contribution in [0.15, 0.2) is 0 Å². The Kier molecular flexibility index (Phi) is 4.01. The van der Waals surface area contributed by atoms with E-state index in [0.717, 1.165) is 11.3 Å². The molecule has 1 aromatic rings. The minimum absolute atomic E-state index is 0.288. The number of ether oxygens (including phenoxy) is 1. The van der Waals surface area contributed by atoms with Crippen molar-refractivity contribution in [2.45, 2.75) is 26.2 Å². The summed E-state index contributed by atoms with van der Waals surface area (Å²) >= 11 is 1.09. The largest absolute Gasteiger partial charge is 0.465 e. The van der Waals surface area contributed by atoms with Crippen molar-refractivity contribution < 1.29 is 14.3 Å². The Morgan fingerprint density at radius 1 is 1.33 bits per heavy atom. The normalized spacial score (nSPS) is 11.2. The molecule has 0 aliphatic heterocycles. The number of esters is 1. The Morgan fingerprint density at radius 2 is 1.89 bits per heavy atom. The number of hydrogen-bond donors (Lipinski definition) is 2. The van der Waals surface area contributed by atoms with Crippen molar-refractivity contribution in [1.29, 1.82) is 0 Å². The van der Waals surface area contributed by atoms with Crippen molar-refractivity contribution in [3.63, 3.8) is 0 Å². The molecular formula is C12H18N2O3S. The SMILES string of the molecule is CNC(=O)c1c(N)sc(C(=O)OC)c1C(C)(C)C. The average molecular weight is 270 g/mol. The molecule has 0 saturated carbocycles. The van der Waals surface area contributed by atoms with Gasteiger partial charge in [-0.15, -0.1) is 11.3 Å². The lowest BCUT2D eigenvalue weighted by Crippen LogP contribution is -2.25. The lowest BCUT2D eigenvalue weighted by Gasteiger charge is -2.21. The van der Waals surface area contributed by atoms with E-state index in [4.69, 9.17) is 10.5 Å². The second-order valence-corrected chi connectivity index (χ2v) is 5.92. The summed E-state index contributed by atoms with van der Waals surface area (Å²) in [4.78, 5) is 24.0. The van der Waals surface area contributed by atoms with Crippen LogP contribution in [0.25, 0.3) is 0 Å². The fraction of sp³-hybridized carbons (Fsp3) is 0.500. The number of nitrogen functional groups attached to an aromatic ring is 1. The molecule has 100 valence electrons. The molecule has 5 nitrogen and oxygen atoms in total. The Hall–Kier alpha value is -1.56. The Balaban J connectivity index is 3.57. The van der Waals surface area contributed by atoms with Crippen molar-refractivity contribution in [3.05, 3.63) is 16.0 Å². The van der Waals surface area contributed by atoms with Crippen LogP contribution in [0.2, 0.25) is 0 Å². The molecule has 0 atom stereocenters. The first-order valence-corrected chi connectivity index (χ1v) is 6.28. The third-order valence-electron chi connectivity index (χ3n) is 2.51. The first-order valence-electron chi connectivity index (χ1n) is 5.47. The Morgan fingerprint density at radius 3 is 2.28 bits per heavy atom.